The number of carbonyl (C=O) groups is 1. The lowest BCUT2D eigenvalue weighted by molar-refractivity contribution is -0.145. The van der Waals surface area contributed by atoms with Gasteiger partial charge in [0.1, 0.15) is 0 Å². The largest absolute Gasteiger partial charge is 0.372 e. The molecule has 0 bridgehead atoms. The van der Waals surface area contributed by atoms with Crippen LogP contribution in [-0.4, -0.2) is 58.0 Å². The summed E-state index contributed by atoms with van der Waals surface area (Å²) in [6.07, 6.45) is 4.06. The fourth-order valence-electron chi connectivity index (χ4n) is 3.03. The molecule has 1 amide bonds. The van der Waals surface area contributed by atoms with Crippen LogP contribution in [0.25, 0.3) is 0 Å². The molecule has 0 spiro atoms. The van der Waals surface area contributed by atoms with Crippen LogP contribution in [-0.2, 0) is 16.1 Å². The molecule has 6 heteroatoms. The number of hydrogen-bond donors (Lipinski definition) is 1. The standard InChI is InChI=1S/C16H28N4O2/c1-11-6-17-20(7-11)8-12(2)18-15(5)16(21)19-9-13(3)22-14(4)10-19/h6-7,12-15,18H,8-10H2,1-5H3/t12-,13+,14+,15+/m0/s1. The Bertz CT molecular complexity index is 492. The van der Waals surface area contributed by atoms with E-state index in [9.17, 15) is 4.79 Å². The molecular formula is C16H28N4O2. The van der Waals surface area contributed by atoms with Crippen molar-refractivity contribution in [2.45, 2.75) is 65.5 Å². The van der Waals surface area contributed by atoms with E-state index < -0.39 is 0 Å². The lowest BCUT2D eigenvalue weighted by atomic mass is 10.2. The highest BCUT2D eigenvalue weighted by Crippen LogP contribution is 2.12. The lowest BCUT2D eigenvalue weighted by Crippen LogP contribution is -2.54. The van der Waals surface area contributed by atoms with Crippen molar-refractivity contribution in [3.63, 3.8) is 0 Å². The van der Waals surface area contributed by atoms with Gasteiger partial charge in [-0.25, -0.2) is 0 Å². The number of nitrogens with one attached hydrogen (secondary N) is 1. The summed E-state index contributed by atoms with van der Waals surface area (Å²) in [4.78, 5) is 14.5. The smallest absolute Gasteiger partial charge is 0.239 e. The number of ether oxygens (including phenoxy) is 1. The van der Waals surface area contributed by atoms with Crippen LogP contribution < -0.4 is 5.32 Å². The minimum absolute atomic E-state index is 0.101. The van der Waals surface area contributed by atoms with E-state index in [-0.39, 0.29) is 30.2 Å². The minimum atomic E-state index is -0.204. The van der Waals surface area contributed by atoms with E-state index in [1.165, 1.54) is 0 Å². The Kier molecular flexibility index (Phi) is 5.58. The lowest BCUT2D eigenvalue weighted by Gasteiger charge is -2.37. The van der Waals surface area contributed by atoms with Gasteiger partial charge in [-0.15, -0.1) is 0 Å². The third-order valence-electron chi connectivity index (χ3n) is 3.86. The Morgan fingerprint density at radius 1 is 1.41 bits per heavy atom. The number of nitrogens with zero attached hydrogens (tertiary/aromatic N) is 3. The molecule has 1 N–H and O–H groups in total. The molecule has 1 aromatic rings. The molecule has 0 aromatic carbocycles. The van der Waals surface area contributed by atoms with Crippen LogP contribution >= 0.6 is 0 Å². The molecule has 2 heterocycles. The summed E-state index contributed by atoms with van der Waals surface area (Å²) < 4.78 is 7.59. The number of hydrogen-bond acceptors (Lipinski definition) is 4. The zero-order chi connectivity index (χ0) is 16.3. The Morgan fingerprint density at radius 3 is 2.59 bits per heavy atom. The van der Waals surface area contributed by atoms with Gasteiger partial charge in [0.15, 0.2) is 0 Å². The van der Waals surface area contributed by atoms with Gasteiger partial charge in [-0.2, -0.15) is 5.10 Å². The number of rotatable bonds is 5. The van der Waals surface area contributed by atoms with Gasteiger partial charge in [-0.05, 0) is 40.2 Å². The Morgan fingerprint density at radius 2 is 2.05 bits per heavy atom. The van der Waals surface area contributed by atoms with Gasteiger partial charge in [-0.3, -0.25) is 9.48 Å². The zero-order valence-electron chi connectivity index (χ0n) is 14.2. The second-order valence-corrected chi connectivity index (χ2v) is 6.53. The van der Waals surface area contributed by atoms with Crippen LogP contribution in [0.5, 0.6) is 0 Å². The first kappa shape index (κ1) is 17.0. The average molecular weight is 308 g/mol. The first-order valence-electron chi connectivity index (χ1n) is 8.04. The highest BCUT2D eigenvalue weighted by molar-refractivity contribution is 5.81. The highest BCUT2D eigenvalue weighted by atomic mass is 16.5. The summed E-state index contributed by atoms with van der Waals surface area (Å²) >= 11 is 0. The van der Waals surface area contributed by atoms with Crippen LogP contribution in [0.4, 0.5) is 0 Å². The number of aromatic nitrogens is 2. The molecule has 0 unspecified atom stereocenters. The second-order valence-electron chi connectivity index (χ2n) is 6.53. The maximum atomic E-state index is 12.6. The third kappa shape index (κ3) is 4.55. The van der Waals surface area contributed by atoms with Gasteiger partial charge in [0.25, 0.3) is 0 Å². The van der Waals surface area contributed by atoms with Gasteiger partial charge in [0.2, 0.25) is 5.91 Å². The molecule has 1 fully saturated rings. The summed E-state index contributed by atoms with van der Waals surface area (Å²) in [5, 5.41) is 7.65. The first-order chi connectivity index (χ1) is 10.3. The van der Waals surface area contributed by atoms with Crippen molar-refractivity contribution in [3.05, 3.63) is 18.0 Å². The van der Waals surface area contributed by atoms with E-state index in [4.69, 9.17) is 4.74 Å². The highest BCUT2D eigenvalue weighted by Gasteiger charge is 2.29. The monoisotopic (exact) mass is 308 g/mol. The van der Waals surface area contributed by atoms with E-state index in [1.807, 2.05) is 49.7 Å². The topological polar surface area (TPSA) is 59.4 Å². The molecule has 1 aromatic heterocycles. The Hall–Kier alpha value is -1.40. The van der Waals surface area contributed by atoms with Gasteiger partial charge in [0, 0.05) is 25.3 Å². The van der Waals surface area contributed by atoms with Crippen LogP contribution in [0.2, 0.25) is 0 Å². The van der Waals surface area contributed by atoms with E-state index in [1.54, 1.807) is 0 Å². The zero-order valence-corrected chi connectivity index (χ0v) is 14.2. The number of morpholine rings is 1. The molecule has 0 radical (unpaired) electrons. The molecule has 4 atom stereocenters. The van der Waals surface area contributed by atoms with Gasteiger partial charge < -0.3 is 15.0 Å². The van der Waals surface area contributed by atoms with Crippen molar-refractivity contribution in [2.24, 2.45) is 0 Å². The fourth-order valence-corrected chi connectivity index (χ4v) is 3.03. The summed E-state index contributed by atoms with van der Waals surface area (Å²) in [5.74, 6) is 0.144. The molecule has 22 heavy (non-hydrogen) atoms. The van der Waals surface area contributed by atoms with Crippen LogP contribution in [0.15, 0.2) is 12.4 Å². The van der Waals surface area contributed by atoms with Crippen LogP contribution in [0.1, 0.15) is 33.3 Å². The predicted molar refractivity (Wildman–Crippen MR) is 85.6 cm³/mol. The van der Waals surface area contributed by atoms with Crippen LogP contribution in [0.3, 0.4) is 0 Å². The van der Waals surface area contributed by atoms with E-state index >= 15 is 0 Å². The normalized spacial score (nSPS) is 25.0. The number of aryl methyl sites for hydroxylation is 1. The predicted octanol–water partition coefficient (Wildman–Crippen LogP) is 1.19. The molecule has 0 saturated carbocycles. The van der Waals surface area contributed by atoms with Crippen LogP contribution in [0, 0.1) is 6.92 Å². The summed E-state index contributed by atoms with van der Waals surface area (Å²) in [7, 11) is 0. The summed E-state index contributed by atoms with van der Waals surface area (Å²) in [6, 6.07) is -0.0294. The van der Waals surface area contributed by atoms with E-state index in [0.717, 1.165) is 12.1 Å². The average Bonchev–Trinajstić information content (AvgIpc) is 2.81. The van der Waals surface area contributed by atoms with Gasteiger partial charge in [0.05, 0.1) is 31.0 Å². The van der Waals surface area contributed by atoms with E-state index in [2.05, 4.69) is 17.3 Å². The van der Waals surface area contributed by atoms with Crippen molar-refractivity contribution in [3.8, 4) is 0 Å². The SMILES string of the molecule is Cc1cnn(C[C@H](C)N[C@H](C)C(=O)N2C[C@@H](C)O[C@H](C)C2)c1. The van der Waals surface area contributed by atoms with Crippen molar-refractivity contribution in [1.82, 2.24) is 20.0 Å². The van der Waals surface area contributed by atoms with Crippen molar-refractivity contribution >= 4 is 5.91 Å². The second kappa shape index (κ2) is 7.24. The Balaban J connectivity index is 1.85. The molecule has 1 aliphatic heterocycles. The minimum Gasteiger partial charge on any atom is -0.372 e. The molecular weight excluding hydrogens is 280 g/mol. The van der Waals surface area contributed by atoms with Crippen molar-refractivity contribution in [1.29, 1.82) is 0 Å². The third-order valence-corrected chi connectivity index (χ3v) is 3.86. The summed E-state index contributed by atoms with van der Waals surface area (Å²) in [5.41, 5.74) is 1.15. The molecule has 6 nitrogen and oxygen atoms in total. The summed E-state index contributed by atoms with van der Waals surface area (Å²) in [6.45, 7) is 12.1. The molecule has 0 aliphatic carbocycles. The first-order valence-corrected chi connectivity index (χ1v) is 8.04. The van der Waals surface area contributed by atoms with Gasteiger partial charge >= 0.3 is 0 Å². The number of carbonyl (C=O) groups excluding carboxylic acids is 1. The quantitative estimate of drug-likeness (QED) is 0.888. The van der Waals surface area contributed by atoms with Crippen molar-refractivity contribution in [2.75, 3.05) is 13.1 Å². The van der Waals surface area contributed by atoms with Gasteiger partial charge in [-0.1, -0.05) is 0 Å². The maximum Gasteiger partial charge on any atom is 0.239 e. The molecule has 124 valence electrons. The number of amides is 1. The maximum absolute atomic E-state index is 12.6. The molecule has 2 rings (SSSR count). The molecule has 1 saturated heterocycles. The van der Waals surface area contributed by atoms with Crippen molar-refractivity contribution < 1.29 is 9.53 Å². The fraction of sp³-hybridized carbons (Fsp3) is 0.750. The molecule has 1 aliphatic rings. The Labute approximate surface area is 132 Å². The van der Waals surface area contributed by atoms with E-state index in [0.29, 0.717) is 13.1 Å².